The van der Waals surface area contributed by atoms with Crippen molar-refractivity contribution in [2.24, 2.45) is 0 Å². The molecular weight excluding hydrogens is 204 g/mol. The van der Waals surface area contributed by atoms with Crippen molar-refractivity contribution in [1.82, 2.24) is 0 Å². The maximum Gasteiger partial charge on any atom is 0.311 e. The Morgan fingerprint density at radius 2 is 2.31 bits per heavy atom. The van der Waals surface area contributed by atoms with E-state index in [0.29, 0.717) is 12.2 Å². The number of rotatable bonds is 3. The summed E-state index contributed by atoms with van der Waals surface area (Å²) in [6.07, 6.45) is 3.69. The van der Waals surface area contributed by atoms with Crippen molar-refractivity contribution in [3.8, 4) is 11.5 Å². The summed E-state index contributed by atoms with van der Waals surface area (Å²) in [5.41, 5.74) is 1.05. The molecule has 3 nitrogen and oxygen atoms in total. The summed E-state index contributed by atoms with van der Waals surface area (Å²) in [4.78, 5) is 11.4. The second-order valence-electron chi connectivity index (χ2n) is 4.24. The molecule has 0 amide bonds. The molecule has 1 aromatic carbocycles. The lowest BCUT2D eigenvalue weighted by Crippen LogP contribution is -2.20. The normalized spacial score (nSPS) is 19.1. The molecule has 1 aromatic rings. The Kier molecular flexibility index (Phi) is 3.13. The summed E-state index contributed by atoms with van der Waals surface area (Å²) in [5.74, 6) is 0.719. The highest BCUT2D eigenvalue weighted by Crippen LogP contribution is 2.38. The fourth-order valence-electron chi connectivity index (χ4n) is 2.13. The number of fused-ring (bicyclic) bond motifs is 1. The summed E-state index contributed by atoms with van der Waals surface area (Å²) in [7, 11) is 0. The third-order valence-electron chi connectivity index (χ3n) is 2.98. The van der Waals surface area contributed by atoms with E-state index in [0.717, 1.165) is 24.8 Å². The lowest BCUT2D eigenvalue weighted by molar-refractivity contribution is -0.136. The van der Waals surface area contributed by atoms with Crippen molar-refractivity contribution in [3.05, 3.63) is 23.8 Å². The molecule has 0 radical (unpaired) electrons. The van der Waals surface area contributed by atoms with Gasteiger partial charge in [-0.25, -0.2) is 0 Å². The monoisotopic (exact) mass is 220 g/mol. The minimum Gasteiger partial charge on any atom is -0.508 e. The summed E-state index contributed by atoms with van der Waals surface area (Å²) < 4.78 is 5.12. The highest BCUT2D eigenvalue weighted by Gasteiger charge is 2.26. The molecule has 0 bridgehead atoms. The SMILES string of the molecule is CCCCC1CC(=O)Oc2cc(O)ccc21. The molecule has 16 heavy (non-hydrogen) atoms. The molecule has 0 fully saturated rings. The molecule has 3 heteroatoms. The number of phenolic OH excluding ortho intramolecular Hbond substituents is 1. The second-order valence-corrected chi connectivity index (χ2v) is 4.24. The van der Waals surface area contributed by atoms with Gasteiger partial charge in [0.2, 0.25) is 0 Å². The number of ether oxygens (including phenoxy) is 1. The summed E-state index contributed by atoms with van der Waals surface area (Å²) >= 11 is 0. The van der Waals surface area contributed by atoms with E-state index in [2.05, 4.69) is 6.92 Å². The number of unbranched alkanes of at least 4 members (excludes halogenated alkanes) is 1. The van der Waals surface area contributed by atoms with Crippen LogP contribution in [0.1, 0.15) is 44.1 Å². The molecule has 86 valence electrons. The predicted molar refractivity (Wildman–Crippen MR) is 60.6 cm³/mol. The minimum atomic E-state index is -0.195. The van der Waals surface area contributed by atoms with Crippen molar-refractivity contribution in [2.45, 2.75) is 38.5 Å². The topological polar surface area (TPSA) is 46.5 Å². The van der Waals surface area contributed by atoms with Gasteiger partial charge >= 0.3 is 5.97 Å². The van der Waals surface area contributed by atoms with E-state index < -0.39 is 0 Å². The molecule has 1 unspecified atom stereocenters. The second kappa shape index (κ2) is 4.56. The Bertz CT molecular complexity index is 398. The van der Waals surface area contributed by atoms with E-state index in [9.17, 15) is 9.90 Å². The Morgan fingerprint density at radius 1 is 1.50 bits per heavy atom. The third-order valence-corrected chi connectivity index (χ3v) is 2.98. The van der Waals surface area contributed by atoms with Gasteiger partial charge in [-0.2, -0.15) is 0 Å². The number of benzene rings is 1. The first-order valence-corrected chi connectivity index (χ1v) is 5.74. The molecule has 1 aliphatic rings. The Labute approximate surface area is 95.0 Å². The standard InChI is InChI=1S/C13H16O3/c1-2-3-4-9-7-13(15)16-12-8-10(14)5-6-11(9)12/h5-6,8-9,14H,2-4,7H2,1H3. The first-order chi connectivity index (χ1) is 7.70. The van der Waals surface area contributed by atoms with E-state index in [4.69, 9.17) is 4.74 Å². The molecule has 0 saturated carbocycles. The van der Waals surface area contributed by atoms with Crippen LogP contribution in [-0.2, 0) is 4.79 Å². The number of hydrogen-bond acceptors (Lipinski definition) is 3. The van der Waals surface area contributed by atoms with Crippen molar-refractivity contribution < 1.29 is 14.6 Å². The summed E-state index contributed by atoms with van der Waals surface area (Å²) in [6, 6.07) is 5.03. The largest absolute Gasteiger partial charge is 0.508 e. The molecule has 1 atom stereocenters. The molecule has 1 N–H and O–H groups in total. The Morgan fingerprint density at radius 3 is 3.06 bits per heavy atom. The molecular formula is C13H16O3. The van der Waals surface area contributed by atoms with Gasteiger partial charge in [-0.15, -0.1) is 0 Å². The first-order valence-electron chi connectivity index (χ1n) is 5.74. The first kappa shape index (κ1) is 11.0. The smallest absolute Gasteiger partial charge is 0.311 e. The number of carbonyl (C=O) groups is 1. The number of aromatic hydroxyl groups is 1. The molecule has 2 rings (SSSR count). The third kappa shape index (κ3) is 2.18. The van der Waals surface area contributed by atoms with Crippen LogP contribution in [0.3, 0.4) is 0 Å². The van der Waals surface area contributed by atoms with Gasteiger partial charge in [-0.05, 0) is 24.0 Å². The van der Waals surface area contributed by atoms with E-state index >= 15 is 0 Å². The average molecular weight is 220 g/mol. The van der Waals surface area contributed by atoms with Crippen LogP contribution in [0.2, 0.25) is 0 Å². The summed E-state index contributed by atoms with van der Waals surface area (Å²) in [6.45, 7) is 2.14. The van der Waals surface area contributed by atoms with Crippen LogP contribution in [-0.4, -0.2) is 11.1 Å². The predicted octanol–water partition coefficient (Wildman–Crippen LogP) is 2.98. The number of esters is 1. The van der Waals surface area contributed by atoms with Crippen LogP contribution in [0.15, 0.2) is 18.2 Å². The van der Waals surface area contributed by atoms with Crippen LogP contribution >= 0.6 is 0 Å². The fourth-order valence-corrected chi connectivity index (χ4v) is 2.13. The van der Waals surface area contributed by atoms with Crippen LogP contribution in [0.5, 0.6) is 11.5 Å². The zero-order chi connectivity index (χ0) is 11.5. The van der Waals surface area contributed by atoms with Gasteiger partial charge in [0.25, 0.3) is 0 Å². The molecule has 0 spiro atoms. The highest BCUT2D eigenvalue weighted by atomic mass is 16.5. The lowest BCUT2D eigenvalue weighted by Gasteiger charge is -2.24. The van der Waals surface area contributed by atoms with Gasteiger partial charge in [-0.1, -0.05) is 25.8 Å². The minimum absolute atomic E-state index is 0.141. The van der Waals surface area contributed by atoms with Crippen molar-refractivity contribution in [3.63, 3.8) is 0 Å². The maximum absolute atomic E-state index is 11.4. The maximum atomic E-state index is 11.4. The molecule has 1 aliphatic heterocycles. The lowest BCUT2D eigenvalue weighted by atomic mass is 9.88. The quantitative estimate of drug-likeness (QED) is 0.629. The molecule has 0 aliphatic carbocycles. The van der Waals surface area contributed by atoms with Gasteiger partial charge in [-0.3, -0.25) is 4.79 Å². The zero-order valence-electron chi connectivity index (χ0n) is 9.40. The summed E-state index contributed by atoms with van der Waals surface area (Å²) in [5, 5.41) is 9.35. The molecule has 0 saturated heterocycles. The van der Waals surface area contributed by atoms with Crippen molar-refractivity contribution >= 4 is 5.97 Å². The Balaban J connectivity index is 2.27. The van der Waals surface area contributed by atoms with Crippen LogP contribution in [0.25, 0.3) is 0 Å². The number of phenols is 1. The van der Waals surface area contributed by atoms with Crippen molar-refractivity contribution in [1.29, 1.82) is 0 Å². The van der Waals surface area contributed by atoms with Gasteiger partial charge < -0.3 is 9.84 Å². The van der Waals surface area contributed by atoms with E-state index in [-0.39, 0.29) is 17.6 Å². The fraction of sp³-hybridized carbons (Fsp3) is 0.462. The zero-order valence-corrected chi connectivity index (χ0v) is 9.40. The Hall–Kier alpha value is -1.51. The molecule has 0 aromatic heterocycles. The van der Waals surface area contributed by atoms with Crippen LogP contribution in [0, 0.1) is 0 Å². The van der Waals surface area contributed by atoms with E-state index in [1.807, 2.05) is 6.07 Å². The van der Waals surface area contributed by atoms with E-state index in [1.165, 1.54) is 6.07 Å². The van der Waals surface area contributed by atoms with Gasteiger partial charge in [0, 0.05) is 6.07 Å². The number of hydrogen-bond donors (Lipinski definition) is 1. The van der Waals surface area contributed by atoms with E-state index in [1.54, 1.807) is 6.07 Å². The van der Waals surface area contributed by atoms with Crippen LogP contribution < -0.4 is 4.74 Å². The van der Waals surface area contributed by atoms with Gasteiger partial charge in [0.05, 0.1) is 6.42 Å². The highest BCUT2D eigenvalue weighted by molar-refractivity contribution is 5.76. The van der Waals surface area contributed by atoms with Gasteiger partial charge in [0.15, 0.2) is 0 Å². The molecule has 1 heterocycles. The van der Waals surface area contributed by atoms with Crippen LogP contribution in [0.4, 0.5) is 0 Å². The van der Waals surface area contributed by atoms with Gasteiger partial charge in [0.1, 0.15) is 11.5 Å². The van der Waals surface area contributed by atoms with Crippen molar-refractivity contribution in [2.75, 3.05) is 0 Å². The average Bonchev–Trinajstić information content (AvgIpc) is 2.25. The number of carbonyl (C=O) groups excluding carboxylic acids is 1.